The molecule has 8 nitrogen and oxygen atoms in total. The van der Waals surface area contributed by atoms with E-state index in [1.165, 1.54) is 12.0 Å². The molecule has 0 aromatic heterocycles. The van der Waals surface area contributed by atoms with Crippen LogP contribution in [0.25, 0.3) is 0 Å². The Labute approximate surface area is 172 Å². The van der Waals surface area contributed by atoms with Crippen LogP contribution in [-0.2, 0) is 20.8 Å². The number of methoxy groups -OCH3 is 1. The minimum atomic E-state index is -0.790. The fraction of sp³-hybridized carbons (Fsp3) is 0.526. The third-order valence-corrected chi connectivity index (χ3v) is 5.42. The molecule has 2 aliphatic heterocycles. The number of carbonyl (C=O) groups excluding carboxylic acids is 3. The number of nitrogens with one attached hydrogen (secondary N) is 1. The van der Waals surface area contributed by atoms with Crippen molar-refractivity contribution in [3.63, 3.8) is 0 Å². The number of hydrogen-bond acceptors (Lipinski definition) is 5. The maximum absolute atomic E-state index is 12.7. The Morgan fingerprint density at radius 3 is 2.64 bits per heavy atom. The number of esters is 1. The molecule has 1 N–H and O–H groups in total. The van der Waals surface area contributed by atoms with Gasteiger partial charge >= 0.3 is 18.1 Å². The van der Waals surface area contributed by atoms with Crippen molar-refractivity contribution in [3.8, 4) is 0 Å². The predicted octanol–water partition coefficient (Wildman–Crippen LogP) is 3.35. The van der Waals surface area contributed by atoms with Gasteiger partial charge in [-0.1, -0.05) is 12.1 Å². The Bertz CT molecular complexity index is 807. The van der Waals surface area contributed by atoms with Gasteiger partial charge in [0.05, 0.1) is 18.8 Å². The van der Waals surface area contributed by atoms with E-state index < -0.39 is 23.7 Å². The van der Waals surface area contributed by atoms with Crippen LogP contribution >= 0.6 is 15.9 Å². The summed E-state index contributed by atoms with van der Waals surface area (Å²) in [6.45, 7) is 5.88. The van der Waals surface area contributed by atoms with Crippen LogP contribution in [0.15, 0.2) is 22.7 Å². The number of amides is 3. The van der Waals surface area contributed by atoms with Crippen LogP contribution in [-0.4, -0.2) is 59.2 Å². The fourth-order valence-electron chi connectivity index (χ4n) is 3.49. The first-order valence-corrected chi connectivity index (χ1v) is 9.82. The van der Waals surface area contributed by atoms with Crippen LogP contribution in [0, 0.1) is 0 Å². The van der Waals surface area contributed by atoms with Crippen LogP contribution < -0.4 is 5.32 Å². The average Bonchev–Trinajstić information content (AvgIpc) is 3.05. The Balaban J connectivity index is 1.82. The fourth-order valence-corrected chi connectivity index (χ4v) is 4.00. The van der Waals surface area contributed by atoms with E-state index >= 15 is 0 Å². The molecule has 1 fully saturated rings. The van der Waals surface area contributed by atoms with E-state index in [9.17, 15) is 14.4 Å². The first-order valence-electron chi connectivity index (χ1n) is 9.03. The summed E-state index contributed by atoms with van der Waals surface area (Å²) in [5.74, 6) is -0.520. The minimum Gasteiger partial charge on any atom is -0.467 e. The highest BCUT2D eigenvalue weighted by Crippen LogP contribution is 2.34. The Morgan fingerprint density at radius 2 is 2.00 bits per heavy atom. The molecule has 28 heavy (non-hydrogen) atoms. The molecule has 1 aromatic rings. The van der Waals surface area contributed by atoms with Gasteiger partial charge in [-0.3, -0.25) is 4.90 Å². The number of rotatable bonds is 2. The van der Waals surface area contributed by atoms with E-state index in [0.717, 1.165) is 15.7 Å². The van der Waals surface area contributed by atoms with Gasteiger partial charge in [-0.2, -0.15) is 0 Å². The van der Waals surface area contributed by atoms with Crippen molar-refractivity contribution in [2.24, 2.45) is 0 Å². The number of nitrogens with zero attached hydrogens (tertiary/aromatic N) is 2. The Morgan fingerprint density at radius 1 is 1.29 bits per heavy atom. The van der Waals surface area contributed by atoms with Crippen LogP contribution in [0.4, 0.5) is 15.3 Å². The van der Waals surface area contributed by atoms with E-state index in [0.29, 0.717) is 13.0 Å². The summed E-state index contributed by atoms with van der Waals surface area (Å²) in [6.07, 6.45) is -0.297. The van der Waals surface area contributed by atoms with Crippen LogP contribution in [0.1, 0.15) is 32.8 Å². The smallest absolute Gasteiger partial charge is 0.411 e. The molecule has 9 heteroatoms. The zero-order chi connectivity index (χ0) is 20.6. The number of urea groups is 1. The molecule has 3 amide bonds. The zero-order valence-electron chi connectivity index (χ0n) is 16.3. The highest BCUT2D eigenvalue weighted by molar-refractivity contribution is 9.10. The van der Waals surface area contributed by atoms with Gasteiger partial charge in [-0.15, -0.1) is 0 Å². The van der Waals surface area contributed by atoms with Crippen LogP contribution in [0.5, 0.6) is 0 Å². The van der Waals surface area contributed by atoms with Crippen molar-refractivity contribution < 1.29 is 23.9 Å². The van der Waals surface area contributed by atoms with Crippen molar-refractivity contribution in [1.82, 2.24) is 9.80 Å². The van der Waals surface area contributed by atoms with Crippen molar-refractivity contribution >= 4 is 39.7 Å². The van der Waals surface area contributed by atoms with Gasteiger partial charge in [-0.25, -0.2) is 14.4 Å². The first kappa shape index (κ1) is 20.4. The average molecular weight is 454 g/mol. The summed E-state index contributed by atoms with van der Waals surface area (Å²) in [5, 5.41) is 2.88. The number of ether oxygens (including phenoxy) is 2. The number of fused-ring (bicyclic) bond motifs is 1. The minimum absolute atomic E-state index is 0.200. The highest BCUT2D eigenvalue weighted by atomic mass is 79.9. The number of likely N-dealkylation sites (tertiary alicyclic amines) is 1. The van der Waals surface area contributed by atoms with Gasteiger partial charge < -0.3 is 19.7 Å². The largest absolute Gasteiger partial charge is 0.467 e. The number of hydrogen-bond donors (Lipinski definition) is 1. The molecular formula is C19H24BrN3O5. The second-order valence-electron chi connectivity index (χ2n) is 7.89. The van der Waals surface area contributed by atoms with Crippen molar-refractivity contribution in [2.45, 2.75) is 51.4 Å². The molecule has 2 atom stereocenters. The topological polar surface area (TPSA) is 88.2 Å². The molecule has 2 aliphatic rings. The van der Waals surface area contributed by atoms with Crippen molar-refractivity contribution in [2.75, 3.05) is 19.0 Å². The summed E-state index contributed by atoms with van der Waals surface area (Å²) in [6, 6.07) is 4.31. The van der Waals surface area contributed by atoms with E-state index in [1.54, 1.807) is 25.7 Å². The molecule has 152 valence electrons. The normalized spacial score (nSPS) is 21.8. The molecule has 0 aliphatic carbocycles. The molecule has 0 spiro atoms. The second-order valence-corrected chi connectivity index (χ2v) is 8.75. The molecular weight excluding hydrogens is 430 g/mol. The number of anilines is 1. The number of carbonyl (C=O) groups is 3. The molecule has 0 saturated carbocycles. The molecule has 0 radical (unpaired) electrons. The van der Waals surface area contributed by atoms with Gasteiger partial charge in [-0.05, 0) is 48.3 Å². The predicted molar refractivity (Wildman–Crippen MR) is 106 cm³/mol. The standard InChI is InChI=1S/C19H24BrN3O5/c1-19(2,3)28-18(26)23-10-12(8-14(23)16(24)27-4)22-9-11-6-5-7-13(20)15(11)21-17(22)25/h5-7,12,14H,8-10H2,1-4H3,(H,21,25)/t12-,14+/m1/s1. The van der Waals surface area contributed by atoms with Gasteiger partial charge in [0.2, 0.25) is 0 Å². The van der Waals surface area contributed by atoms with E-state index in [4.69, 9.17) is 9.47 Å². The van der Waals surface area contributed by atoms with Crippen molar-refractivity contribution in [3.05, 3.63) is 28.2 Å². The van der Waals surface area contributed by atoms with Gasteiger partial charge in [0.25, 0.3) is 0 Å². The highest BCUT2D eigenvalue weighted by Gasteiger charge is 2.46. The molecule has 1 saturated heterocycles. The molecule has 0 bridgehead atoms. The number of benzene rings is 1. The van der Waals surface area contributed by atoms with E-state index in [1.807, 2.05) is 18.2 Å². The molecule has 2 heterocycles. The molecule has 1 aromatic carbocycles. The Kier molecular flexibility index (Phi) is 5.56. The monoisotopic (exact) mass is 453 g/mol. The lowest BCUT2D eigenvalue weighted by Gasteiger charge is -2.34. The van der Waals surface area contributed by atoms with Gasteiger partial charge in [0.1, 0.15) is 11.6 Å². The van der Waals surface area contributed by atoms with Gasteiger partial charge in [0, 0.05) is 24.0 Å². The summed E-state index contributed by atoms with van der Waals surface area (Å²) in [4.78, 5) is 40.6. The van der Waals surface area contributed by atoms with Crippen LogP contribution in [0.2, 0.25) is 0 Å². The Hall–Kier alpha value is -2.29. The molecule has 3 rings (SSSR count). The third kappa shape index (κ3) is 4.09. The lowest BCUT2D eigenvalue weighted by molar-refractivity contribution is -0.145. The maximum Gasteiger partial charge on any atom is 0.411 e. The maximum atomic E-state index is 12.7. The van der Waals surface area contributed by atoms with E-state index in [2.05, 4.69) is 21.2 Å². The summed E-state index contributed by atoms with van der Waals surface area (Å²) in [5.41, 5.74) is 1.01. The lowest BCUT2D eigenvalue weighted by Crippen LogP contribution is -2.47. The third-order valence-electron chi connectivity index (χ3n) is 4.75. The first-order chi connectivity index (χ1) is 13.1. The summed E-state index contributed by atoms with van der Waals surface area (Å²) >= 11 is 3.44. The zero-order valence-corrected chi connectivity index (χ0v) is 17.9. The van der Waals surface area contributed by atoms with Crippen LogP contribution in [0.3, 0.4) is 0 Å². The van der Waals surface area contributed by atoms with Gasteiger partial charge in [0.15, 0.2) is 0 Å². The SMILES string of the molecule is COC(=O)[C@@H]1C[C@@H](N2Cc3cccc(Br)c3NC2=O)CN1C(=O)OC(C)(C)C. The quantitative estimate of drug-likeness (QED) is 0.693. The second kappa shape index (κ2) is 7.62. The molecule has 0 unspecified atom stereocenters. The van der Waals surface area contributed by atoms with E-state index in [-0.39, 0.29) is 18.6 Å². The number of para-hydroxylation sites is 1. The van der Waals surface area contributed by atoms with Crippen molar-refractivity contribution in [1.29, 1.82) is 0 Å². The summed E-state index contributed by atoms with van der Waals surface area (Å²) in [7, 11) is 1.28. The number of halogens is 1. The summed E-state index contributed by atoms with van der Waals surface area (Å²) < 4.78 is 11.1. The lowest BCUT2D eigenvalue weighted by atomic mass is 10.1.